The van der Waals surface area contributed by atoms with Gasteiger partial charge in [-0.05, 0) is 25.1 Å². The Morgan fingerprint density at radius 2 is 1.50 bits per heavy atom. The van der Waals surface area contributed by atoms with Crippen LogP contribution in [0.3, 0.4) is 0 Å². The number of rotatable bonds is 3. The van der Waals surface area contributed by atoms with Crippen LogP contribution in [0.1, 0.15) is 17.3 Å². The van der Waals surface area contributed by atoms with Crippen molar-refractivity contribution in [1.82, 2.24) is 4.57 Å². The van der Waals surface area contributed by atoms with E-state index in [1.165, 1.54) is 0 Å². The molecule has 0 radical (unpaired) electrons. The Kier molecular flexibility index (Phi) is 2.89. The van der Waals surface area contributed by atoms with Gasteiger partial charge in [0.1, 0.15) is 4.90 Å². The smallest absolute Gasteiger partial charge is 0.310 e. The van der Waals surface area contributed by atoms with Gasteiger partial charge in [0.05, 0.1) is 5.69 Å². The second-order valence-electron chi connectivity index (χ2n) is 4.63. The Morgan fingerprint density at radius 1 is 1.00 bits per heavy atom. The fourth-order valence-electron chi connectivity index (χ4n) is 1.82. The molecule has 122 valence electrons. The highest BCUT2D eigenvalue weighted by Gasteiger charge is 2.65. The van der Waals surface area contributed by atoms with Gasteiger partial charge in [-0.3, -0.25) is 9.36 Å². The molecular formula is C12H10F5NO3S. The number of Topliss-reactive ketones (excluding diaryl/α,β-unsaturated/α-hetero) is 1. The highest BCUT2D eigenvalue weighted by molar-refractivity contribution is 8.45. The van der Waals surface area contributed by atoms with Gasteiger partial charge in [-0.1, -0.05) is 19.4 Å². The maximum absolute atomic E-state index is 13.0. The van der Waals surface area contributed by atoms with Gasteiger partial charge in [0, 0.05) is 17.7 Å². The number of aromatic hydroxyl groups is 2. The molecule has 0 aliphatic carbocycles. The van der Waals surface area contributed by atoms with E-state index in [-0.39, 0.29) is 12.1 Å². The quantitative estimate of drug-likeness (QED) is 0.624. The summed E-state index contributed by atoms with van der Waals surface area (Å²) in [5, 5.41) is 19.0. The summed E-state index contributed by atoms with van der Waals surface area (Å²) >= 11 is 0. The van der Waals surface area contributed by atoms with E-state index in [9.17, 15) is 34.4 Å². The monoisotopic (exact) mass is 343 g/mol. The predicted molar refractivity (Wildman–Crippen MR) is 70.5 cm³/mol. The number of carbonyl (C=O) groups is 1. The standard InChI is InChI=1S/C12H10F5NO3S/c1-7(19)8-4-9(18-11(20)2-3-12(18)21)6-10(5-8)22(13,14,15,16)17/h2-6,20-21H,1H3. The van der Waals surface area contributed by atoms with Crippen molar-refractivity contribution in [2.75, 3.05) is 0 Å². The molecular weight excluding hydrogens is 333 g/mol. The van der Waals surface area contributed by atoms with E-state index in [0.29, 0.717) is 4.57 Å². The van der Waals surface area contributed by atoms with Gasteiger partial charge in [-0.15, -0.1) is 0 Å². The van der Waals surface area contributed by atoms with Crippen molar-refractivity contribution in [3.8, 4) is 17.4 Å². The molecule has 22 heavy (non-hydrogen) atoms. The zero-order valence-corrected chi connectivity index (χ0v) is 11.8. The molecule has 1 heterocycles. The van der Waals surface area contributed by atoms with Crippen molar-refractivity contribution >= 4 is 16.0 Å². The van der Waals surface area contributed by atoms with Crippen molar-refractivity contribution in [3.05, 3.63) is 35.9 Å². The summed E-state index contributed by atoms with van der Waals surface area (Å²) in [4.78, 5) is 9.01. The summed E-state index contributed by atoms with van der Waals surface area (Å²) in [6, 6.07) is 2.87. The summed E-state index contributed by atoms with van der Waals surface area (Å²) in [7, 11) is -10.0. The summed E-state index contributed by atoms with van der Waals surface area (Å²) in [6.45, 7) is 0.906. The molecule has 2 N–H and O–H groups in total. The zero-order chi connectivity index (χ0) is 17.0. The summed E-state index contributed by atoms with van der Waals surface area (Å²) in [6.07, 6.45) is 0. The predicted octanol–water partition coefficient (Wildman–Crippen LogP) is 4.75. The van der Waals surface area contributed by atoms with Crippen LogP contribution in [0.25, 0.3) is 5.69 Å². The number of ketones is 1. The Bertz CT molecular complexity index is 763. The normalized spacial score (nSPS) is 15.2. The van der Waals surface area contributed by atoms with Crippen molar-refractivity contribution < 1.29 is 34.4 Å². The molecule has 0 bridgehead atoms. The van der Waals surface area contributed by atoms with E-state index in [4.69, 9.17) is 0 Å². The van der Waals surface area contributed by atoms with Crippen LogP contribution >= 0.6 is 10.2 Å². The van der Waals surface area contributed by atoms with E-state index in [1.807, 2.05) is 0 Å². The van der Waals surface area contributed by atoms with Crippen LogP contribution in [0.5, 0.6) is 11.8 Å². The molecule has 1 aromatic heterocycles. The van der Waals surface area contributed by atoms with Crippen LogP contribution in [-0.4, -0.2) is 20.6 Å². The van der Waals surface area contributed by atoms with Gasteiger partial charge in [0.15, 0.2) is 17.5 Å². The maximum atomic E-state index is 13.0. The Labute approximate surface area is 121 Å². The van der Waals surface area contributed by atoms with Crippen molar-refractivity contribution in [3.63, 3.8) is 0 Å². The lowest BCUT2D eigenvalue weighted by Gasteiger charge is -2.40. The lowest BCUT2D eigenvalue weighted by Crippen LogP contribution is -2.09. The third-order valence-corrected chi connectivity index (χ3v) is 3.97. The average Bonchev–Trinajstić information content (AvgIpc) is 2.65. The summed E-state index contributed by atoms with van der Waals surface area (Å²) in [5.41, 5.74) is -1.25. The minimum absolute atomic E-state index is 0.0466. The molecule has 0 spiro atoms. The molecule has 0 amide bonds. The fraction of sp³-hybridized carbons (Fsp3) is 0.0833. The van der Waals surface area contributed by atoms with Gasteiger partial charge in [-0.25, -0.2) is 0 Å². The van der Waals surface area contributed by atoms with Gasteiger partial charge in [0.25, 0.3) is 0 Å². The van der Waals surface area contributed by atoms with Crippen LogP contribution in [0.15, 0.2) is 35.2 Å². The van der Waals surface area contributed by atoms with Crippen LogP contribution in [0, 0.1) is 0 Å². The van der Waals surface area contributed by atoms with E-state index < -0.39 is 43.9 Å². The summed E-state index contributed by atoms with van der Waals surface area (Å²) < 4.78 is 65.3. The number of aromatic nitrogens is 1. The van der Waals surface area contributed by atoms with E-state index >= 15 is 0 Å². The number of benzene rings is 1. The molecule has 2 aromatic rings. The maximum Gasteiger partial charge on any atom is 0.310 e. The van der Waals surface area contributed by atoms with Gasteiger partial charge < -0.3 is 10.2 Å². The largest absolute Gasteiger partial charge is 0.494 e. The molecule has 0 fully saturated rings. The number of hydrogen-bond acceptors (Lipinski definition) is 3. The summed E-state index contributed by atoms with van der Waals surface area (Å²) in [5.74, 6) is -2.23. The minimum atomic E-state index is -10.0. The number of carbonyl (C=O) groups excluding carboxylic acids is 1. The Morgan fingerprint density at radius 3 is 1.91 bits per heavy atom. The molecule has 0 saturated carbocycles. The average molecular weight is 343 g/mol. The van der Waals surface area contributed by atoms with Crippen LogP contribution in [-0.2, 0) is 0 Å². The molecule has 4 nitrogen and oxygen atoms in total. The first-order chi connectivity index (χ1) is 9.69. The second kappa shape index (κ2) is 3.94. The molecule has 0 aliphatic heterocycles. The van der Waals surface area contributed by atoms with Crippen LogP contribution in [0.2, 0.25) is 0 Å². The topological polar surface area (TPSA) is 62.5 Å². The highest BCUT2D eigenvalue weighted by atomic mass is 32.5. The first-order valence-electron chi connectivity index (χ1n) is 5.69. The van der Waals surface area contributed by atoms with E-state index in [1.54, 1.807) is 0 Å². The SMILES string of the molecule is CC(=O)c1cc(-n2c(O)ccc2O)cc(S(F)(F)(F)(F)F)c1. The van der Waals surface area contributed by atoms with Gasteiger partial charge in [0.2, 0.25) is 0 Å². The first-order valence-corrected chi connectivity index (χ1v) is 7.64. The fourth-order valence-corrected chi connectivity index (χ4v) is 2.51. The first kappa shape index (κ1) is 16.1. The Balaban J connectivity index is 2.84. The van der Waals surface area contributed by atoms with E-state index in [0.717, 1.165) is 25.1 Å². The molecule has 0 saturated heterocycles. The lowest BCUT2D eigenvalue weighted by molar-refractivity contribution is 0.101. The highest BCUT2D eigenvalue weighted by Crippen LogP contribution is 3.02. The molecule has 0 aliphatic rings. The lowest BCUT2D eigenvalue weighted by atomic mass is 10.1. The third-order valence-electron chi connectivity index (χ3n) is 2.84. The number of halogens is 5. The number of nitrogens with zero attached hydrogens (tertiary/aromatic N) is 1. The zero-order valence-electron chi connectivity index (χ0n) is 10.9. The van der Waals surface area contributed by atoms with Crippen LogP contribution in [0.4, 0.5) is 19.4 Å². The third kappa shape index (κ3) is 3.01. The van der Waals surface area contributed by atoms with Gasteiger partial charge >= 0.3 is 10.2 Å². The van der Waals surface area contributed by atoms with Crippen LogP contribution < -0.4 is 0 Å². The van der Waals surface area contributed by atoms with Crippen molar-refractivity contribution in [1.29, 1.82) is 0 Å². The Hall–Kier alpha value is -2.23. The second-order valence-corrected chi connectivity index (χ2v) is 7.04. The molecule has 1 aromatic carbocycles. The molecule has 0 unspecified atom stereocenters. The molecule has 10 heteroatoms. The molecule has 2 rings (SSSR count). The van der Waals surface area contributed by atoms with Gasteiger partial charge in [-0.2, -0.15) is 0 Å². The number of hydrogen-bond donors (Lipinski definition) is 2. The van der Waals surface area contributed by atoms with E-state index in [2.05, 4.69) is 0 Å². The molecule has 0 atom stereocenters. The van der Waals surface area contributed by atoms with Crippen molar-refractivity contribution in [2.24, 2.45) is 0 Å². The minimum Gasteiger partial charge on any atom is -0.494 e. The van der Waals surface area contributed by atoms with Crippen molar-refractivity contribution in [2.45, 2.75) is 11.8 Å².